The van der Waals surface area contributed by atoms with E-state index in [0.717, 1.165) is 49.9 Å². The second kappa shape index (κ2) is 11.0. The van der Waals surface area contributed by atoms with Gasteiger partial charge in [0.15, 0.2) is 5.96 Å². The van der Waals surface area contributed by atoms with Gasteiger partial charge in [-0.25, -0.2) is 9.38 Å². The van der Waals surface area contributed by atoms with E-state index in [4.69, 9.17) is 10.7 Å². The third-order valence-corrected chi connectivity index (χ3v) is 4.76. The number of nitrogens with zero attached hydrogens (tertiary/aromatic N) is 3. The van der Waals surface area contributed by atoms with E-state index in [0.29, 0.717) is 12.1 Å². The van der Waals surface area contributed by atoms with Crippen LogP contribution < -0.4 is 16.0 Å². The predicted molar refractivity (Wildman–Crippen MR) is 125 cm³/mol. The van der Waals surface area contributed by atoms with E-state index < -0.39 is 5.91 Å². The zero-order chi connectivity index (χ0) is 19.9. The lowest BCUT2D eigenvalue weighted by molar-refractivity contribution is 0.100. The summed E-state index contributed by atoms with van der Waals surface area (Å²) in [5.41, 5.74) is 7.83. The first-order valence-electron chi connectivity index (χ1n) is 9.49. The van der Waals surface area contributed by atoms with Crippen LogP contribution in [-0.4, -0.2) is 49.5 Å². The quantitative estimate of drug-likeness (QED) is 0.368. The molecular weight excluding hydrogens is 484 g/mol. The van der Waals surface area contributed by atoms with Crippen molar-refractivity contribution >= 4 is 41.5 Å². The molecule has 3 rings (SSSR count). The first-order valence-corrected chi connectivity index (χ1v) is 9.49. The van der Waals surface area contributed by atoms with Crippen LogP contribution in [0.15, 0.2) is 53.5 Å². The Morgan fingerprint density at radius 1 is 1.07 bits per heavy atom. The van der Waals surface area contributed by atoms with Crippen molar-refractivity contribution in [2.75, 3.05) is 37.6 Å². The third kappa shape index (κ3) is 6.31. The highest BCUT2D eigenvalue weighted by atomic mass is 127. The number of aliphatic imine (C=N–C) groups is 1. The molecule has 0 aliphatic carbocycles. The topological polar surface area (TPSA) is 74.0 Å². The number of hydrogen-bond donors (Lipinski definition) is 2. The Morgan fingerprint density at radius 3 is 2.24 bits per heavy atom. The van der Waals surface area contributed by atoms with Crippen LogP contribution >= 0.6 is 24.0 Å². The highest BCUT2D eigenvalue weighted by Crippen LogP contribution is 2.17. The number of nitrogens with two attached hydrogens (primary N) is 1. The summed E-state index contributed by atoms with van der Waals surface area (Å²) in [7, 11) is 0. The molecule has 0 aromatic heterocycles. The highest BCUT2D eigenvalue weighted by molar-refractivity contribution is 14.0. The van der Waals surface area contributed by atoms with Gasteiger partial charge in [0.25, 0.3) is 0 Å². The Kier molecular flexibility index (Phi) is 8.69. The Balaban J connectivity index is 0.00000300. The van der Waals surface area contributed by atoms with Gasteiger partial charge in [-0.15, -0.1) is 24.0 Å². The minimum Gasteiger partial charge on any atom is -0.368 e. The van der Waals surface area contributed by atoms with Crippen LogP contribution in [-0.2, 0) is 6.54 Å². The lowest BCUT2D eigenvalue weighted by Crippen LogP contribution is -2.52. The molecule has 0 radical (unpaired) electrons. The van der Waals surface area contributed by atoms with Crippen molar-refractivity contribution in [1.82, 2.24) is 10.2 Å². The van der Waals surface area contributed by atoms with Gasteiger partial charge in [0, 0.05) is 44.0 Å². The molecule has 1 fully saturated rings. The fraction of sp³-hybridized carbons (Fsp3) is 0.333. The van der Waals surface area contributed by atoms with Crippen molar-refractivity contribution in [3.63, 3.8) is 0 Å². The maximum absolute atomic E-state index is 13.1. The van der Waals surface area contributed by atoms with E-state index in [2.05, 4.69) is 15.1 Å². The van der Waals surface area contributed by atoms with Crippen molar-refractivity contribution in [1.29, 1.82) is 0 Å². The second-order valence-electron chi connectivity index (χ2n) is 6.68. The summed E-state index contributed by atoms with van der Waals surface area (Å²) < 4.78 is 13.1. The molecule has 0 unspecified atom stereocenters. The predicted octanol–water partition coefficient (Wildman–Crippen LogP) is 2.83. The molecule has 0 atom stereocenters. The van der Waals surface area contributed by atoms with Gasteiger partial charge in [-0.05, 0) is 48.9 Å². The molecule has 0 spiro atoms. The standard InChI is InChI=1S/C21H26FN5O.HI/c1-2-24-21(25-15-16-3-5-17(6-4-16)20(23)28)27-13-11-26(12-14-27)19-9-7-18(22)8-10-19;/h3-10H,2,11-15H2,1H3,(H2,23,28)(H,24,25);1H. The Hall–Kier alpha value is -2.36. The van der Waals surface area contributed by atoms with Gasteiger partial charge in [0.05, 0.1) is 6.54 Å². The van der Waals surface area contributed by atoms with Crippen molar-refractivity contribution < 1.29 is 9.18 Å². The van der Waals surface area contributed by atoms with E-state index >= 15 is 0 Å². The SMILES string of the molecule is CCNC(=NCc1ccc(C(N)=O)cc1)N1CCN(c2ccc(F)cc2)CC1.I. The average molecular weight is 511 g/mol. The number of hydrogen-bond acceptors (Lipinski definition) is 3. The number of nitrogens with one attached hydrogen (secondary N) is 1. The van der Waals surface area contributed by atoms with Gasteiger partial charge in [0.1, 0.15) is 5.82 Å². The summed E-state index contributed by atoms with van der Waals surface area (Å²) in [6.45, 7) is 6.74. The number of amides is 1. The number of guanidine groups is 1. The number of piperazine rings is 1. The number of primary amides is 1. The van der Waals surface area contributed by atoms with Gasteiger partial charge >= 0.3 is 0 Å². The van der Waals surface area contributed by atoms with Crippen molar-refractivity contribution in [2.45, 2.75) is 13.5 Å². The Labute approximate surface area is 188 Å². The molecule has 156 valence electrons. The molecule has 1 heterocycles. The molecule has 1 aliphatic rings. The van der Waals surface area contributed by atoms with E-state index in [9.17, 15) is 9.18 Å². The van der Waals surface area contributed by atoms with Crippen LogP contribution in [0.25, 0.3) is 0 Å². The van der Waals surface area contributed by atoms with E-state index in [1.54, 1.807) is 12.1 Å². The molecule has 29 heavy (non-hydrogen) atoms. The maximum atomic E-state index is 13.1. The summed E-state index contributed by atoms with van der Waals surface area (Å²) >= 11 is 0. The van der Waals surface area contributed by atoms with Crippen molar-refractivity contribution in [2.24, 2.45) is 10.7 Å². The Bertz CT molecular complexity index is 818. The smallest absolute Gasteiger partial charge is 0.248 e. The van der Waals surface area contributed by atoms with Crippen LogP contribution in [0.1, 0.15) is 22.8 Å². The van der Waals surface area contributed by atoms with Crippen LogP contribution in [0.5, 0.6) is 0 Å². The number of benzene rings is 2. The number of anilines is 1. The van der Waals surface area contributed by atoms with E-state index in [1.165, 1.54) is 12.1 Å². The molecule has 0 bridgehead atoms. The monoisotopic (exact) mass is 511 g/mol. The summed E-state index contributed by atoms with van der Waals surface area (Å²) in [6.07, 6.45) is 0. The summed E-state index contributed by atoms with van der Waals surface area (Å²) in [5, 5.41) is 3.35. The maximum Gasteiger partial charge on any atom is 0.248 e. The van der Waals surface area contributed by atoms with Crippen LogP contribution in [0.2, 0.25) is 0 Å². The molecule has 2 aromatic rings. The van der Waals surface area contributed by atoms with Gasteiger partial charge in [-0.3, -0.25) is 4.79 Å². The van der Waals surface area contributed by atoms with Gasteiger partial charge in [0.2, 0.25) is 5.91 Å². The molecule has 8 heteroatoms. The zero-order valence-electron chi connectivity index (χ0n) is 16.5. The summed E-state index contributed by atoms with van der Waals surface area (Å²) in [5.74, 6) is 0.232. The van der Waals surface area contributed by atoms with Crippen LogP contribution in [0.4, 0.5) is 10.1 Å². The number of carbonyl (C=O) groups excluding carboxylic acids is 1. The number of carbonyl (C=O) groups is 1. The normalized spacial score (nSPS) is 14.3. The molecule has 3 N–H and O–H groups in total. The largest absolute Gasteiger partial charge is 0.368 e. The fourth-order valence-electron chi connectivity index (χ4n) is 3.19. The van der Waals surface area contributed by atoms with Gasteiger partial charge < -0.3 is 20.9 Å². The molecule has 1 aliphatic heterocycles. The molecule has 0 saturated carbocycles. The first-order chi connectivity index (χ1) is 13.6. The third-order valence-electron chi connectivity index (χ3n) is 4.76. The van der Waals surface area contributed by atoms with E-state index in [-0.39, 0.29) is 29.8 Å². The minimum atomic E-state index is -0.428. The lowest BCUT2D eigenvalue weighted by atomic mass is 10.1. The molecular formula is C21H27FIN5O. The molecule has 6 nitrogen and oxygen atoms in total. The molecule has 2 aromatic carbocycles. The first kappa shape index (κ1) is 22.9. The summed E-state index contributed by atoms with van der Waals surface area (Å²) in [6, 6.07) is 13.8. The summed E-state index contributed by atoms with van der Waals surface area (Å²) in [4.78, 5) is 20.4. The average Bonchev–Trinajstić information content (AvgIpc) is 2.72. The molecule has 1 amide bonds. The molecule has 1 saturated heterocycles. The van der Waals surface area contributed by atoms with Crippen LogP contribution in [0, 0.1) is 5.82 Å². The van der Waals surface area contributed by atoms with Crippen molar-refractivity contribution in [3.05, 3.63) is 65.5 Å². The van der Waals surface area contributed by atoms with Gasteiger partial charge in [-0.1, -0.05) is 12.1 Å². The lowest BCUT2D eigenvalue weighted by Gasteiger charge is -2.37. The van der Waals surface area contributed by atoms with E-state index in [1.807, 2.05) is 31.2 Å². The zero-order valence-corrected chi connectivity index (χ0v) is 18.8. The van der Waals surface area contributed by atoms with Crippen molar-refractivity contribution in [3.8, 4) is 0 Å². The highest BCUT2D eigenvalue weighted by Gasteiger charge is 2.19. The number of halogens is 2. The second-order valence-corrected chi connectivity index (χ2v) is 6.68. The van der Waals surface area contributed by atoms with Gasteiger partial charge in [-0.2, -0.15) is 0 Å². The minimum absolute atomic E-state index is 0. The fourth-order valence-corrected chi connectivity index (χ4v) is 3.19. The van der Waals surface area contributed by atoms with Crippen LogP contribution in [0.3, 0.4) is 0 Å². The number of rotatable bonds is 5. The Morgan fingerprint density at radius 2 is 1.69 bits per heavy atom.